The monoisotopic (exact) mass is 561 g/mol. The van der Waals surface area contributed by atoms with Crippen molar-refractivity contribution in [3.05, 3.63) is 87.1 Å². The Morgan fingerprint density at radius 2 is 1.95 bits per heavy atom. The zero-order valence-electron chi connectivity index (χ0n) is 23.4. The third kappa shape index (κ3) is 6.12. The number of halogens is 1. The fraction of sp³-hybridized carbons (Fsp3) is 0.367. The van der Waals surface area contributed by atoms with Crippen LogP contribution in [0.5, 0.6) is 11.5 Å². The number of carbonyl (C=O) groups excluding carboxylic acids is 2. The molecular weight excluding hydrogens is 529 g/mol. The van der Waals surface area contributed by atoms with E-state index in [0.717, 1.165) is 0 Å². The largest absolute Gasteiger partial charge is 0.451 e. The second kappa shape index (κ2) is 11.5. The number of benzene rings is 2. The van der Waals surface area contributed by atoms with Gasteiger partial charge in [-0.25, -0.2) is 9.49 Å². The van der Waals surface area contributed by atoms with Crippen molar-refractivity contribution in [3.8, 4) is 17.6 Å². The number of nitrogens with one attached hydrogen (secondary N) is 2. The molecule has 4 rings (SSSR count). The molecule has 2 amide bonds. The fourth-order valence-corrected chi connectivity index (χ4v) is 5.08. The Morgan fingerprint density at radius 1 is 1.22 bits per heavy atom. The van der Waals surface area contributed by atoms with Gasteiger partial charge in [0.2, 0.25) is 5.91 Å². The number of hydrogen-bond donors (Lipinski definition) is 3. The van der Waals surface area contributed by atoms with Crippen LogP contribution in [0, 0.1) is 36.4 Å². The van der Waals surface area contributed by atoms with Gasteiger partial charge in [0.15, 0.2) is 5.75 Å². The molecule has 0 spiro atoms. The molecule has 1 aliphatic rings. The summed E-state index contributed by atoms with van der Waals surface area (Å²) in [6.45, 7) is 8.29. The van der Waals surface area contributed by atoms with Gasteiger partial charge in [0.05, 0.1) is 35.4 Å². The molecule has 0 radical (unpaired) electrons. The second-order valence-electron chi connectivity index (χ2n) is 10.9. The number of aromatic nitrogens is 2. The predicted octanol–water partition coefficient (Wildman–Crippen LogP) is 3.69. The molecule has 0 aliphatic carbocycles. The first kappa shape index (κ1) is 29.4. The number of aromatic amines is 1. The van der Waals surface area contributed by atoms with Gasteiger partial charge in [-0.3, -0.25) is 14.4 Å². The van der Waals surface area contributed by atoms with Gasteiger partial charge in [0.25, 0.3) is 5.91 Å². The topological polar surface area (TPSA) is 148 Å². The molecule has 41 heavy (non-hydrogen) atoms. The Morgan fingerprint density at radius 3 is 2.61 bits per heavy atom. The van der Waals surface area contributed by atoms with Crippen LogP contribution in [0.15, 0.2) is 53.3 Å². The van der Waals surface area contributed by atoms with E-state index in [1.54, 1.807) is 45.9 Å². The first-order valence-electron chi connectivity index (χ1n) is 13.1. The van der Waals surface area contributed by atoms with Gasteiger partial charge in [0.1, 0.15) is 17.6 Å². The summed E-state index contributed by atoms with van der Waals surface area (Å²) < 4.78 is 19.8. The number of nitrogens with zero attached hydrogens (tertiary/aromatic N) is 3. The first-order chi connectivity index (χ1) is 19.3. The van der Waals surface area contributed by atoms with Crippen LogP contribution < -0.4 is 15.6 Å². The van der Waals surface area contributed by atoms with E-state index < -0.39 is 52.8 Å². The number of rotatable bonds is 7. The molecule has 3 aromatic rings. The molecule has 11 heteroatoms. The van der Waals surface area contributed by atoms with Crippen LogP contribution >= 0.6 is 0 Å². The molecule has 1 aliphatic heterocycles. The minimum absolute atomic E-state index is 0.0625. The number of nitriles is 1. The number of carbonyl (C=O) groups is 2. The van der Waals surface area contributed by atoms with E-state index >= 15 is 0 Å². The van der Waals surface area contributed by atoms with Crippen LogP contribution in [-0.2, 0) is 4.79 Å². The van der Waals surface area contributed by atoms with Crippen molar-refractivity contribution in [3.63, 3.8) is 0 Å². The van der Waals surface area contributed by atoms with Gasteiger partial charge in [0, 0.05) is 11.6 Å². The Bertz CT molecular complexity index is 1580. The molecule has 10 nitrogen and oxygen atoms in total. The molecular formula is C30H32FN5O5. The quantitative estimate of drug-likeness (QED) is 0.398. The Kier molecular flexibility index (Phi) is 8.26. The SMILES string of the molecule is Cc1cc(Oc2ccc(C(=O)N[C@H](C)C(=O)N3C(C(C)(C)C#N)C[C@@H](O)[C@H]3c3cccc(F)c3)cc2C)c(=O)[nH]n1. The van der Waals surface area contributed by atoms with Gasteiger partial charge < -0.3 is 20.1 Å². The van der Waals surface area contributed by atoms with Crippen LogP contribution in [0.25, 0.3) is 0 Å². The van der Waals surface area contributed by atoms with Crippen molar-refractivity contribution in [1.82, 2.24) is 20.4 Å². The van der Waals surface area contributed by atoms with E-state index in [1.807, 2.05) is 0 Å². The number of amides is 2. The van der Waals surface area contributed by atoms with Crippen molar-refractivity contribution in [2.45, 2.75) is 65.3 Å². The van der Waals surface area contributed by atoms with Crippen LogP contribution in [0.3, 0.4) is 0 Å². The molecule has 1 saturated heterocycles. The van der Waals surface area contributed by atoms with Gasteiger partial charge in [-0.05, 0) is 82.5 Å². The number of aryl methyl sites for hydroxylation is 2. The molecule has 0 bridgehead atoms. The summed E-state index contributed by atoms with van der Waals surface area (Å²) in [4.78, 5) is 40.4. The lowest BCUT2D eigenvalue weighted by Crippen LogP contribution is -2.52. The van der Waals surface area contributed by atoms with Crippen LogP contribution in [0.2, 0.25) is 0 Å². The molecule has 0 saturated carbocycles. The standard InChI is InChI=1S/C30H32FN5O5/c1-16-11-20(9-10-23(16)41-24-12-17(2)34-35-28(24)39)27(38)33-18(3)29(40)36-25(30(4,5)15-32)14-22(37)26(36)19-7-6-8-21(31)13-19/h6-13,18,22,25-26,37H,14H2,1-5H3,(H,33,38)(H,35,39)/t18-,22-,25?,26-/m1/s1. The lowest BCUT2D eigenvalue weighted by atomic mass is 9.84. The number of aliphatic hydroxyl groups excluding tert-OH is 1. The number of likely N-dealkylation sites (tertiary alicyclic amines) is 1. The minimum atomic E-state index is -1.03. The lowest BCUT2D eigenvalue weighted by Gasteiger charge is -2.38. The maximum atomic E-state index is 14.1. The van der Waals surface area contributed by atoms with Crippen molar-refractivity contribution < 1.29 is 23.8 Å². The summed E-state index contributed by atoms with van der Waals surface area (Å²) in [5.41, 5.74) is 0.282. The average Bonchev–Trinajstić information content (AvgIpc) is 3.29. The third-order valence-electron chi connectivity index (χ3n) is 7.30. The molecule has 2 heterocycles. The van der Waals surface area contributed by atoms with Crippen molar-refractivity contribution in [2.75, 3.05) is 0 Å². The van der Waals surface area contributed by atoms with E-state index in [-0.39, 0.29) is 17.7 Å². The number of ether oxygens (including phenoxy) is 1. The maximum Gasteiger partial charge on any atom is 0.307 e. The van der Waals surface area contributed by atoms with E-state index in [4.69, 9.17) is 4.74 Å². The van der Waals surface area contributed by atoms with Crippen LogP contribution in [0.1, 0.15) is 60.4 Å². The summed E-state index contributed by atoms with van der Waals surface area (Å²) in [5.74, 6) is -1.13. The predicted molar refractivity (Wildman–Crippen MR) is 148 cm³/mol. The number of aliphatic hydroxyl groups is 1. The summed E-state index contributed by atoms with van der Waals surface area (Å²) in [5, 5.41) is 29.6. The van der Waals surface area contributed by atoms with Crippen molar-refractivity contribution >= 4 is 11.8 Å². The fourth-order valence-electron chi connectivity index (χ4n) is 5.08. The van der Waals surface area contributed by atoms with Crippen LogP contribution in [0.4, 0.5) is 4.39 Å². The lowest BCUT2D eigenvalue weighted by molar-refractivity contribution is -0.138. The normalized spacial score (nSPS) is 19.4. The number of hydrogen-bond acceptors (Lipinski definition) is 7. The highest BCUT2D eigenvalue weighted by Crippen LogP contribution is 2.43. The molecule has 1 fully saturated rings. The van der Waals surface area contributed by atoms with Crippen LogP contribution in [-0.4, -0.2) is 50.2 Å². The third-order valence-corrected chi connectivity index (χ3v) is 7.30. The highest BCUT2D eigenvalue weighted by Gasteiger charge is 2.51. The van der Waals surface area contributed by atoms with E-state index in [9.17, 15) is 29.1 Å². The molecule has 214 valence electrons. The van der Waals surface area contributed by atoms with Gasteiger partial charge in [-0.1, -0.05) is 12.1 Å². The van der Waals surface area contributed by atoms with Gasteiger partial charge in [-0.2, -0.15) is 10.4 Å². The average molecular weight is 562 g/mol. The van der Waals surface area contributed by atoms with Crippen molar-refractivity contribution in [2.24, 2.45) is 5.41 Å². The van der Waals surface area contributed by atoms with E-state index in [1.165, 1.54) is 42.2 Å². The zero-order chi connectivity index (χ0) is 30.1. The zero-order valence-corrected chi connectivity index (χ0v) is 23.4. The summed E-state index contributed by atoms with van der Waals surface area (Å²) in [6.07, 6.45) is -0.915. The van der Waals surface area contributed by atoms with Gasteiger partial charge >= 0.3 is 5.56 Å². The molecule has 3 N–H and O–H groups in total. The first-order valence-corrected chi connectivity index (χ1v) is 13.1. The molecule has 4 atom stereocenters. The molecule has 1 aromatic heterocycles. The smallest absolute Gasteiger partial charge is 0.307 e. The summed E-state index contributed by atoms with van der Waals surface area (Å²) in [6, 6.07) is 11.4. The second-order valence-corrected chi connectivity index (χ2v) is 10.9. The molecule has 2 aromatic carbocycles. The Hall–Kier alpha value is -4.56. The number of H-pyrrole nitrogens is 1. The van der Waals surface area contributed by atoms with E-state index in [2.05, 4.69) is 21.6 Å². The van der Waals surface area contributed by atoms with Gasteiger partial charge in [-0.15, -0.1) is 0 Å². The van der Waals surface area contributed by atoms with Crippen molar-refractivity contribution in [1.29, 1.82) is 5.26 Å². The highest BCUT2D eigenvalue weighted by atomic mass is 19.1. The summed E-state index contributed by atoms with van der Waals surface area (Å²) >= 11 is 0. The minimum Gasteiger partial charge on any atom is -0.451 e. The highest BCUT2D eigenvalue weighted by molar-refractivity contribution is 5.98. The Balaban J connectivity index is 1.56. The maximum absolute atomic E-state index is 14.1. The Labute approximate surface area is 236 Å². The molecule has 1 unspecified atom stereocenters. The summed E-state index contributed by atoms with van der Waals surface area (Å²) in [7, 11) is 0. The van der Waals surface area contributed by atoms with E-state index in [0.29, 0.717) is 22.6 Å².